The standard InChI is InChI=1S/C24H22F3NO6S2/c1-15(28-23(29)24(25,26)27)16-4-9-19(10-5-16)35(30)21-13-8-18(34-3)14-22(21)36(31,32)20-11-6-17(33-2)7-12-20/h4-15H,1-3H3,(H,28,29)/t15-,35?/m0/s1. The summed E-state index contributed by atoms with van der Waals surface area (Å²) in [6.45, 7) is 1.37. The van der Waals surface area contributed by atoms with Crippen molar-refractivity contribution < 1.29 is 40.1 Å². The van der Waals surface area contributed by atoms with E-state index in [1.54, 1.807) is 0 Å². The molecule has 0 aliphatic heterocycles. The van der Waals surface area contributed by atoms with Gasteiger partial charge in [-0.15, -0.1) is 0 Å². The molecule has 3 aromatic carbocycles. The monoisotopic (exact) mass is 541 g/mol. The number of hydrogen-bond donors (Lipinski definition) is 1. The minimum Gasteiger partial charge on any atom is -0.497 e. The first-order valence-electron chi connectivity index (χ1n) is 10.3. The molecule has 0 fully saturated rings. The predicted octanol–water partition coefficient (Wildman–Crippen LogP) is 4.44. The van der Waals surface area contributed by atoms with E-state index in [4.69, 9.17) is 9.47 Å². The average Bonchev–Trinajstić information content (AvgIpc) is 2.87. The van der Waals surface area contributed by atoms with Gasteiger partial charge in [-0.2, -0.15) is 13.2 Å². The first kappa shape index (κ1) is 27.2. The van der Waals surface area contributed by atoms with Crippen molar-refractivity contribution in [1.82, 2.24) is 5.32 Å². The van der Waals surface area contributed by atoms with Gasteiger partial charge in [0, 0.05) is 11.0 Å². The van der Waals surface area contributed by atoms with E-state index in [9.17, 15) is 30.6 Å². The van der Waals surface area contributed by atoms with Gasteiger partial charge in [-0.25, -0.2) is 12.6 Å². The lowest BCUT2D eigenvalue weighted by molar-refractivity contribution is -0.174. The Hall–Kier alpha value is -3.38. The van der Waals surface area contributed by atoms with Gasteiger partial charge in [0.25, 0.3) is 0 Å². The smallest absolute Gasteiger partial charge is 0.471 e. The third-order valence-electron chi connectivity index (χ3n) is 5.21. The predicted molar refractivity (Wildman–Crippen MR) is 125 cm³/mol. The number of carbonyl (C=O) groups excluding carboxylic acids is 1. The molecule has 1 N–H and O–H groups in total. The van der Waals surface area contributed by atoms with E-state index in [0.29, 0.717) is 11.3 Å². The van der Waals surface area contributed by atoms with Gasteiger partial charge >= 0.3 is 12.1 Å². The van der Waals surface area contributed by atoms with Crippen molar-refractivity contribution in [2.45, 2.75) is 38.7 Å². The summed E-state index contributed by atoms with van der Waals surface area (Å²) in [6, 6.07) is 14.5. The molecule has 3 aromatic rings. The van der Waals surface area contributed by atoms with Crippen LogP contribution in [-0.2, 0) is 25.4 Å². The summed E-state index contributed by atoms with van der Waals surface area (Å²) in [5.41, 5.74) is 0.342. The van der Waals surface area contributed by atoms with Gasteiger partial charge in [0.1, 0.15) is 11.5 Å². The maximum Gasteiger partial charge on any atom is 0.471 e. The van der Waals surface area contributed by atoms with E-state index in [2.05, 4.69) is 0 Å². The van der Waals surface area contributed by atoms with Crippen molar-refractivity contribution in [2.24, 2.45) is 0 Å². The molecule has 192 valence electrons. The third-order valence-corrected chi connectivity index (χ3v) is 8.60. The molecule has 0 heterocycles. The van der Waals surface area contributed by atoms with Crippen LogP contribution in [0.15, 0.2) is 86.3 Å². The molecule has 36 heavy (non-hydrogen) atoms. The quantitative estimate of drug-likeness (QED) is 0.453. The van der Waals surface area contributed by atoms with Crippen molar-refractivity contribution in [3.63, 3.8) is 0 Å². The van der Waals surface area contributed by atoms with Crippen LogP contribution in [0.4, 0.5) is 13.2 Å². The Kier molecular flexibility index (Phi) is 8.09. The summed E-state index contributed by atoms with van der Waals surface area (Å²) in [6.07, 6.45) is -5.02. The molecule has 0 spiro atoms. The number of methoxy groups -OCH3 is 2. The summed E-state index contributed by atoms with van der Waals surface area (Å²) in [5.74, 6) is -1.37. The number of halogens is 3. The number of carbonyl (C=O) groups is 1. The fourth-order valence-corrected chi connectivity index (χ4v) is 6.21. The topological polar surface area (TPSA) is 98.8 Å². The zero-order valence-electron chi connectivity index (χ0n) is 19.3. The number of ether oxygens (including phenoxy) is 2. The molecule has 0 saturated carbocycles. The van der Waals surface area contributed by atoms with Crippen molar-refractivity contribution in [2.75, 3.05) is 14.2 Å². The normalized spacial score (nSPS) is 13.5. The van der Waals surface area contributed by atoms with Gasteiger partial charge < -0.3 is 14.8 Å². The maximum absolute atomic E-state index is 13.4. The van der Waals surface area contributed by atoms with Crippen molar-refractivity contribution in [3.05, 3.63) is 72.3 Å². The number of nitrogens with one attached hydrogen (secondary N) is 1. The zero-order valence-corrected chi connectivity index (χ0v) is 21.0. The highest BCUT2D eigenvalue weighted by molar-refractivity contribution is 7.92. The van der Waals surface area contributed by atoms with Gasteiger partial charge in [0.15, 0.2) is 0 Å². The van der Waals surface area contributed by atoms with Crippen LogP contribution in [0.5, 0.6) is 11.5 Å². The lowest BCUT2D eigenvalue weighted by Crippen LogP contribution is -2.38. The number of rotatable bonds is 8. The van der Waals surface area contributed by atoms with Crippen LogP contribution < -0.4 is 14.8 Å². The average molecular weight is 542 g/mol. The highest BCUT2D eigenvalue weighted by atomic mass is 32.2. The Balaban J connectivity index is 1.96. The second-order valence-corrected chi connectivity index (χ2v) is 10.9. The number of sulfone groups is 1. The van der Waals surface area contributed by atoms with Gasteiger partial charge in [-0.05, 0) is 61.0 Å². The maximum atomic E-state index is 13.4. The van der Waals surface area contributed by atoms with Crippen molar-refractivity contribution >= 4 is 26.5 Å². The fraction of sp³-hybridized carbons (Fsp3) is 0.208. The van der Waals surface area contributed by atoms with E-state index in [0.717, 1.165) is 0 Å². The van der Waals surface area contributed by atoms with Crippen LogP contribution in [-0.4, -0.2) is 38.9 Å². The van der Waals surface area contributed by atoms with Crippen LogP contribution in [0.2, 0.25) is 0 Å². The minimum atomic E-state index is -5.02. The van der Waals surface area contributed by atoms with E-state index in [1.165, 1.54) is 87.9 Å². The molecular formula is C24H22F3NO6S2. The molecule has 0 aliphatic rings. The zero-order chi connectivity index (χ0) is 26.7. The molecule has 1 unspecified atom stereocenters. The molecule has 0 aromatic heterocycles. The Morgan fingerprint density at radius 1 is 0.917 bits per heavy atom. The van der Waals surface area contributed by atoms with Crippen molar-refractivity contribution in [3.8, 4) is 11.5 Å². The highest BCUT2D eigenvalue weighted by Gasteiger charge is 2.39. The molecule has 0 bridgehead atoms. The van der Waals surface area contributed by atoms with Crippen LogP contribution in [0, 0.1) is 0 Å². The molecule has 0 saturated heterocycles. The van der Waals surface area contributed by atoms with Crippen LogP contribution >= 0.6 is 0 Å². The second kappa shape index (κ2) is 10.7. The molecule has 7 nitrogen and oxygen atoms in total. The Bertz CT molecular complexity index is 1370. The van der Waals surface area contributed by atoms with E-state index in [-0.39, 0.29) is 25.3 Å². The van der Waals surface area contributed by atoms with Gasteiger partial charge in [0.05, 0.1) is 45.7 Å². The molecule has 12 heteroatoms. The van der Waals surface area contributed by atoms with Crippen LogP contribution in [0.3, 0.4) is 0 Å². The van der Waals surface area contributed by atoms with Crippen molar-refractivity contribution in [1.29, 1.82) is 0 Å². The van der Waals surface area contributed by atoms with E-state index >= 15 is 0 Å². The number of benzene rings is 3. The van der Waals surface area contributed by atoms with Crippen LogP contribution in [0.1, 0.15) is 18.5 Å². The number of alkyl halides is 3. The summed E-state index contributed by atoms with van der Waals surface area (Å²) in [7, 11) is -3.26. The van der Waals surface area contributed by atoms with Gasteiger partial charge in [0.2, 0.25) is 9.84 Å². The fourth-order valence-electron chi connectivity index (χ4n) is 3.23. The van der Waals surface area contributed by atoms with E-state index in [1.807, 2.05) is 5.32 Å². The highest BCUT2D eigenvalue weighted by Crippen LogP contribution is 2.33. The third kappa shape index (κ3) is 5.88. The largest absolute Gasteiger partial charge is 0.497 e. The number of amides is 1. The Morgan fingerprint density at radius 3 is 2.00 bits per heavy atom. The molecular weight excluding hydrogens is 519 g/mol. The molecule has 0 aliphatic carbocycles. The second-order valence-electron chi connectivity index (χ2n) is 7.52. The first-order chi connectivity index (χ1) is 16.9. The summed E-state index contributed by atoms with van der Waals surface area (Å²) < 4.78 is 88.0. The first-order valence-corrected chi connectivity index (χ1v) is 13.0. The Morgan fingerprint density at radius 2 is 1.47 bits per heavy atom. The lowest BCUT2D eigenvalue weighted by Gasteiger charge is -2.16. The summed E-state index contributed by atoms with van der Waals surface area (Å²) in [4.78, 5) is 11.1. The molecule has 1 amide bonds. The molecule has 3 rings (SSSR count). The summed E-state index contributed by atoms with van der Waals surface area (Å²) >= 11 is 0. The molecule has 0 radical (unpaired) electrons. The minimum absolute atomic E-state index is 0.00205. The Labute approximate surface area is 208 Å². The van der Waals surface area contributed by atoms with E-state index < -0.39 is 38.8 Å². The lowest BCUT2D eigenvalue weighted by atomic mass is 10.1. The van der Waals surface area contributed by atoms with Gasteiger partial charge in [-0.1, -0.05) is 12.1 Å². The van der Waals surface area contributed by atoms with Gasteiger partial charge in [-0.3, -0.25) is 4.79 Å². The van der Waals surface area contributed by atoms with Crippen LogP contribution in [0.25, 0.3) is 0 Å². The number of hydrogen-bond acceptors (Lipinski definition) is 6. The summed E-state index contributed by atoms with van der Waals surface area (Å²) in [5, 5.41) is 1.84. The SMILES string of the molecule is COc1ccc(S(=O)(=O)c2cc(OC)ccc2S(=O)c2ccc([C@H](C)NC(=O)C(F)(F)F)cc2)cc1. The molecule has 2 atom stereocenters.